The van der Waals surface area contributed by atoms with Crippen molar-refractivity contribution in [2.45, 2.75) is 12.8 Å². The largest absolute Gasteiger partial charge is 0.385 e. The number of hydrogen-bond acceptors (Lipinski definition) is 2. The lowest BCUT2D eigenvalue weighted by Crippen LogP contribution is -2.03. The number of carbonyl (C=O) groups is 1. The summed E-state index contributed by atoms with van der Waals surface area (Å²) in [6, 6.07) is 7.65. The fourth-order valence-corrected chi connectivity index (χ4v) is 1.89. The van der Waals surface area contributed by atoms with Gasteiger partial charge in [-0.3, -0.25) is 4.79 Å². The predicted molar refractivity (Wildman–Crippen MR) is 64.6 cm³/mol. The number of rotatable bonds is 5. The molecule has 0 aliphatic carbocycles. The van der Waals surface area contributed by atoms with Gasteiger partial charge in [-0.1, -0.05) is 18.2 Å². The first-order valence-electron chi connectivity index (χ1n) is 4.52. The molecule has 0 saturated carbocycles. The van der Waals surface area contributed by atoms with Crippen molar-refractivity contribution in [2.75, 3.05) is 13.7 Å². The van der Waals surface area contributed by atoms with Crippen molar-refractivity contribution in [2.24, 2.45) is 0 Å². The molecule has 14 heavy (non-hydrogen) atoms. The van der Waals surface area contributed by atoms with E-state index in [1.54, 1.807) is 7.11 Å². The number of carbonyl (C=O) groups excluding carboxylic acids is 1. The molecule has 1 rings (SSSR count). The van der Waals surface area contributed by atoms with E-state index in [4.69, 9.17) is 4.74 Å². The highest BCUT2D eigenvalue weighted by molar-refractivity contribution is 14.1. The second-order valence-corrected chi connectivity index (χ2v) is 4.16. The Morgan fingerprint density at radius 2 is 2.14 bits per heavy atom. The summed E-state index contributed by atoms with van der Waals surface area (Å²) in [7, 11) is 1.65. The van der Waals surface area contributed by atoms with Gasteiger partial charge in [0, 0.05) is 29.3 Å². The molecule has 0 aliphatic rings. The van der Waals surface area contributed by atoms with Crippen LogP contribution in [0.5, 0.6) is 0 Å². The average molecular weight is 304 g/mol. The van der Waals surface area contributed by atoms with Crippen LogP contribution in [0.25, 0.3) is 0 Å². The third-order valence-electron chi connectivity index (χ3n) is 1.93. The van der Waals surface area contributed by atoms with Crippen molar-refractivity contribution in [1.82, 2.24) is 0 Å². The van der Waals surface area contributed by atoms with Crippen LogP contribution in [0, 0.1) is 3.57 Å². The van der Waals surface area contributed by atoms with E-state index in [9.17, 15) is 4.79 Å². The summed E-state index contributed by atoms with van der Waals surface area (Å²) in [5, 5.41) is 0. The predicted octanol–water partition coefficient (Wildman–Crippen LogP) is 2.90. The highest BCUT2D eigenvalue weighted by atomic mass is 127. The number of methoxy groups -OCH3 is 1. The van der Waals surface area contributed by atoms with Crippen molar-refractivity contribution in [1.29, 1.82) is 0 Å². The third-order valence-corrected chi connectivity index (χ3v) is 2.87. The molecule has 0 amide bonds. The summed E-state index contributed by atoms with van der Waals surface area (Å²) in [4.78, 5) is 11.7. The molecule has 0 spiro atoms. The van der Waals surface area contributed by atoms with E-state index in [0.29, 0.717) is 13.0 Å². The smallest absolute Gasteiger partial charge is 0.164 e. The molecule has 0 N–H and O–H groups in total. The molecule has 0 heterocycles. The van der Waals surface area contributed by atoms with E-state index in [2.05, 4.69) is 22.6 Å². The van der Waals surface area contributed by atoms with Gasteiger partial charge in [0.25, 0.3) is 0 Å². The van der Waals surface area contributed by atoms with E-state index < -0.39 is 0 Å². The van der Waals surface area contributed by atoms with Gasteiger partial charge in [-0.05, 0) is 35.1 Å². The Morgan fingerprint density at radius 3 is 2.79 bits per heavy atom. The molecule has 0 bridgehead atoms. The van der Waals surface area contributed by atoms with Crippen LogP contribution >= 0.6 is 22.6 Å². The van der Waals surface area contributed by atoms with E-state index in [1.165, 1.54) is 0 Å². The zero-order valence-electron chi connectivity index (χ0n) is 8.13. The molecule has 76 valence electrons. The molecular formula is C11H13IO2. The second kappa shape index (κ2) is 6.14. The topological polar surface area (TPSA) is 26.3 Å². The molecule has 0 fully saturated rings. The molecule has 0 aromatic heterocycles. The minimum atomic E-state index is 0.201. The highest BCUT2D eigenvalue weighted by Crippen LogP contribution is 2.14. The lowest BCUT2D eigenvalue weighted by molar-refractivity contribution is 0.0962. The maximum absolute atomic E-state index is 11.7. The molecule has 1 aromatic rings. The maximum Gasteiger partial charge on any atom is 0.164 e. The fraction of sp³-hybridized carbons (Fsp3) is 0.364. The molecular weight excluding hydrogens is 291 g/mol. The van der Waals surface area contributed by atoms with Crippen LogP contribution in [0.2, 0.25) is 0 Å². The Labute approximate surface area is 97.8 Å². The lowest BCUT2D eigenvalue weighted by Gasteiger charge is -2.02. The number of halogens is 1. The number of benzene rings is 1. The summed E-state index contributed by atoms with van der Waals surface area (Å²) < 4.78 is 5.93. The minimum absolute atomic E-state index is 0.201. The first-order chi connectivity index (χ1) is 6.75. The van der Waals surface area contributed by atoms with Gasteiger partial charge >= 0.3 is 0 Å². The van der Waals surface area contributed by atoms with Crippen LogP contribution in [-0.4, -0.2) is 19.5 Å². The quantitative estimate of drug-likeness (QED) is 0.475. The van der Waals surface area contributed by atoms with Gasteiger partial charge in [0.1, 0.15) is 0 Å². The lowest BCUT2D eigenvalue weighted by atomic mass is 10.1. The normalized spacial score (nSPS) is 10.1. The zero-order valence-corrected chi connectivity index (χ0v) is 10.3. The van der Waals surface area contributed by atoms with E-state index in [0.717, 1.165) is 15.6 Å². The number of ketones is 1. The monoisotopic (exact) mass is 304 g/mol. The van der Waals surface area contributed by atoms with Gasteiger partial charge < -0.3 is 4.74 Å². The Hall–Kier alpha value is -0.420. The molecule has 3 heteroatoms. The standard InChI is InChI=1S/C11H13IO2/c1-14-8-4-7-11(13)9-5-2-3-6-10(9)12/h2-3,5-6H,4,7-8H2,1H3. The van der Waals surface area contributed by atoms with Crippen LogP contribution in [0.4, 0.5) is 0 Å². The number of hydrogen-bond donors (Lipinski definition) is 0. The Kier molecular flexibility index (Phi) is 5.11. The summed E-state index contributed by atoms with van der Waals surface area (Å²) >= 11 is 2.18. The summed E-state index contributed by atoms with van der Waals surface area (Å²) in [6.45, 7) is 0.648. The van der Waals surface area contributed by atoms with Gasteiger partial charge in [-0.2, -0.15) is 0 Å². The van der Waals surface area contributed by atoms with Crippen LogP contribution < -0.4 is 0 Å². The summed E-state index contributed by atoms with van der Waals surface area (Å²) in [5.41, 5.74) is 0.823. The Balaban J connectivity index is 2.56. The van der Waals surface area contributed by atoms with Crippen molar-refractivity contribution in [3.05, 3.63) is 33.4 Å². The number of ether oxygens (including phenoxy) is 1. The first kappa shape index (κ1) is 11.7. The maximum atomic E-state index is 11.7. The van der Waals surface area contributed by atoms with Crippen molar-refractivity contribution < 1.29 is 9.53 Å². The summed E-state index contributed by atoms with van der Waals surface area (Å²) in [6.07, 6.45) is 1.36. The zero-order chi connectivity index (χ0) is 10.4. The third kappa shape index (κ3) is 3.38. The van der Waals surface area contributed by atoms with Gasteiger partial charge in [0.15, 0.2) is 5.78 Å². The van der Waals surface area contributed by atoms with Crippen LogP contribution in [0.15, 0.2) is 24.3 Å². The van der Waals surface area contributed by atoms with E-state index in [1.807, 2.05) is 24.3 Å². The van der Waals surface area contributed by atoms with Crippen molar-refractivity contribution >= 4 is 28.4 Å². The van der Waals surface area contributed by atoms with Crippen LogP contribution in [0.1, 0.15) is 23.2 Å². The molecule has 1 aromatic carbocycles. The first-order valence-corrected chi connectivity index (χ1v) is 5.60. The molecule has 0 radical (unpaired) electrons. The highest BCUT2D eigenvalue weighted by Gasteiger charge is 2.07. The van der Waals surface area contributed by atoms with Gasteiger partial charge in [0.2, 0.25) is 0 Å². The van der Waals surface area contributed by atoms with E-state index in [-0.39, 0.29) is 5.78 Å². The minimum Gasteiger partial charge on any atom is -0.385 e. The van der Waals surface area contributed by atoms with Gasteiger partial charge in [0.05, 0.1) is 0 Å². The summed E-state index contributed by atoms with van der Waals surface area (Å²) in [5.74, 6) is 0.201. The average Bonchev–Trinajstić information content (AvgIpc) is 2.18. The van der Waals surface area contributed by atoms with Crippen molar-refractivity contribution in [3.8, 4) is 0 Å². The van der Waals surface area contributed by atoms with Gasteiger partial charge in [-0.25, -0.2) is 0 Å². The SMILES string of the molecule is COCCCC(=O)c1ccccc1I. The molecule has 2 nitrogen and oxygen atoms in total. The Morgan fingerprint density at radius 1 is 1.43 bits per heavy atom. The second-order valence-electron chi connectivity index (χ2n) is 3.00. The molecule has 0 aliphatic heterocycles. The molecule has 0 atom stereocenters. The van der Waals surface area contributed by atoms with E-state index >= 15 is 0 Å². The van der Waals surface area contributed by atoms with Crippen molar-refractivity contribution in [3.63, 3.8) is 0 Å². The Bertz CT molecular complexity index is 310. The van der Waals surface area contributed by atoms with Crippen LogP contribution in [0.3, 0.4) is 0 Å². The molecule has 0 unspecified atom stereocenters. The van der Waals surface area contributed by atoms with Crippen LogP contribution in [-0.2, 0) is 4.74 Å². The van der Waals surface area contributed by atoms with Gasteiger partial charge in [-0.15, -0.1) is 0 Å². The number of Topliss-reactive ketones (excluding diaryl/α,β-unsaturated/α-hetero) is 1. The molecule has 0 saturated heterocycles. The fourth-order valence-electron chi connectivity index (χ4n) is 1.20.